The number of alkyl halides is 3. The van der Waals surface area contributed by atoms with Gasteiger partial charge in [0.2, 0.25) is 0 Å². The van der Waals surface area contributed by atoms with Crippen LogP contribution in [-0.4, -0.2) is 42.2 Å². The van der Waals surface area contributed by atoms with Gasteiger partial charge >= 0.3 is 18.2 Å². The van der Waals surface area contributed by atoms with Crippen molar-refractivity contribution in [2.45, 2.75) is 33.0 Å². The van der Waals surface area contributed by atoms with Crippen molar-refractivity contribution in [3.05, 3.63) is 53.1 Å². The molecule has 0 atom stereocenters. The van der Waals surface area contributed by atoms with Crippen LogP contribution in [0.15, 0.2) is 36.4 Å². The number of hydrogen-bond donors (Lipinski definition) is 2. The average molecular weight is 438 g/mol. The highest BCUT2D eigenvalue weighted by atomic mass is 19.4. The van der Waals surface area contributed by atoms with Crippen molar-refractivity contribution in [1.82, 2.24) is 10.2 Å². The van der Waals surface area contributed by atoms with Gasteiger partial charge in [-0.2, -0.15) is 13.2 Å². The molecule has 9 heteroatoms. The van der Waals surface area contributed by atoms with Crippen molar-refractivity contribution >= 4 is 12.0 Å². The molecule has 2 aromatic rings. The van der Waals surface area contributed by atoms with Crippen molar-refractivity contribution < 1.29 is 32.6 Å². The fraction of sp³-hybridized carbons (Fsp3) is 0.364. The maximum Gasteiger partial charge on any atom is 0.416 e. The van der Waals surface area contributed by atoms with Gasteiger partial charge in [-0.25, -0.2) is 4.79 Å². The van der Waals surface area contributed by atoms with Crippen LogP contribution in [0.2, 0.25) is 0 Å². The number of nitrogens with one attached hydrogen (secondary N) is 1. The summed E-state index contributed by atoms with van der Waals surface area (Å²) in [6.07, 6.45) is -5.51. The first-order valence-electron chi connectivity index (χ1n) is 9.73. The number of amides is 2. The number of aliphatic carboxylic acids is 1. The van der Waals surface area contributed by atoms with Crippen LogP contribution in [0, 0.1) is 0 Å². The van der Waals surface area contributed by atoms with E-state index in [1.165, 1.54) is 13.2 Å². The number of carboxylic acids is 1. The van der Waals surface area contributed by atoms with Crippen LogP contribution < -0.4 is 10.1 Å². The fourth-order valence-corrected chi connectivity index (χ4v) is 3.29. The molecule has 0 aliphatic rings. The Labute approximate surface area is 178 Å². The quantitative estimate of drug-likeness (QED) is 0.633. The molecule has 6 nitrogen and oxygen atoms in total. The van der Waals surface area contributed by atoms with Gasteiger partial charge in [-0.3, -0.25) is 4.79 Å². The zero-order valence-corrected chi connectivity index (χ0v) is 17.5. The van der Waals surface area contributed by atoms with Gasteiger partial charge in [0.1, 0.15) is 5.75 Å². The number of hydrogen-bond acceptors (Lipinski definition) is 3. The first-order chi connectivity index (χ1) is 14.6. The first kappa shape index (κ1) is 24.0. The molecular formula is C22H25F3N2O4. The molecule has 2 aromatic carbocycles. The van der Waals surface area contributed by atoms with Crippen LogP contribution in [0.5, 0.6) is 5.75 Å². The molecule has 0 aliphatic carbocycles. The SMILES string of the molecule is CCNC(=O)N(CC)Cc1ccccc1-c1cc(CC(=O)O)c(C(F)(F)F)cc1OC. The number of urea groups is 1. The van der Waals surface area contributed by atoms with E-state index in [4.69, 9.17) is 9.84 Å². The Hall–Kier alpha value is -3.23. The van der Waals surface area contributed by atoms with Crippen molar-refractivity contribution in [3.8, 4) is 16.9 Å². The van der Waals surface area contributed by atoms with Crippen LogP contribution >= 0.6 is 0 Å². The Morgan fingerprint density at radius 1 is 1.10 bits per heavy atom. The second-order valence-corrected chi connectivity index (χ2v) is 6.78. The smallest absolute Gasteiger partial charge is 0.416 e. The maximum absolute atomic E-state index is 13.5. The Bertz CT molecular complexity index is 945. The fourth-order valence-electron chi connectivity index (χ4n) is 3.29. The lowest BCUT2D eigenvalue weighted by atomic mass is 9.93. The number of carbonyl (C=O) groups excluding carboxylic acids is 1. The number of carbonyl (C=O) groups is 2. The van der Waals surface area contributed by atoms with Crippen LogP contribution in [0.25, 0.3) is 11.1 Å². The lowest BCUT2D eigenvalue weighted by Crippen LogP contribution is -2.39. The number of benzene rings is 2. The molecule has 0 aliphatic heterocycles. The predicted molar refractivity (Wildman–Crippen MR) is 110 cm³/mol. The van der Waals surface area contributed by atoms with Crippen LogP contribution in [0.4, 0.5) is 18.0 Å². The zero-order chi connectivity index (χ0) is 23.2. The standard InChI is InChI=1S/C22H25F3N2O4/c1-4-26-21(30)27(5-2)13-14-8-6-7-9-16(14)17-10-15(11-20(28)29)18(22(23,24)25)12-19(17)31-3/h6-10,12H,4-5,11,13H2,1-3H3,(H,26,30)(H,28,29). The number of carboxylic acid groups (broad SMARTS) is 1. The number of ether oxygens (including phenoxy) is 1. The second kappa shape index (κ2) is 10.2. The van der Waals surface area contributed by atoms with E-state index in [1.807, 2.05) is 6.92 Å². The third-order valence-corrected chi connectivity index (χ3v) is 4.74. The molecule has 0 saturated carbocycles. The van der Waals surface area contributed by atoms with Gasteiger partial charge in [-0.05, 0) is 42.7 Å². The molecule has 31 heavy (non-hydrogen) atoms. The van der Waals surface area contributed by atoms with Gasteiger partial charge in [0.15, 0.2) is 0 Å². The van der Waals surface area contributed by atoms with E-state index in [0.29, 0.717) is 29.8 Å². The average Bonchev–Trinajstić information content (AvgIpc) is 2.70. The third-order valence-electron chi connectivity index (χ3n) is 4.74. The van der Waals surface area contributed by atoms with Crippen molar-refractivity contribution in [2.75, 3.05) is 20.2 Å². The van der Waals surface area contributed by atoms with Crippen LogP contribution in [0.3, 0.4) is 0 Å². The van der Waals surface area contributed by atoms with Gasteiger partial charge in [-0.15, -0.1) is 0 Å². The van der Waals surface area contributed by atoms with Crippen LogP contribution in [0.1, 0.15) is 30.5 Å². The molecule has 0 heterocycles. The topological polar surface area (TPSA) is 78.9 Å². The molecule has 0 fully saturated rings. The van der Waals surface area contributed by atoms with Gasteiger partial charge in [-0.1, -0.05) is 24.3 Å². The maximum atomic E-state index is 13.5. The summed E-state index contributed by atoms with van der Waals surface area (Å²) in [7, 11) is 1.26. The Morgan fingerprint density at radius 2 is 1.77 bits per heavy atom. The molecule has 0 aromatic heterocycles. The summed E-state index contributed by atoms with van der Waals surface area (Å²) < 4.78 is 45.8. The van der Waals surface area contributed by atoms with Crippen molar-refractivity contribution in [2.24, 2.45) is 0 Å². The molecule has 0 spiro atoms. The summed E-state index contributed by atoms with van der Waals surface area (Å²) in [6, 6.07) is 8.73. The summed E-state index contributed by atoms with van der Waals surface area (Å²) in [4.78, 5) is 25.0. The first-order valence-corrected chi connectivity index (χ1v) is 9.73. The number of methoxy groups -OCH3 is 1. The largest absolute Gasteiger partial charge is 0.496 e. The summed E-state index contributed by atoms with van der Waals surface area (Å²) in [5.74, 6) is -1.40. The van der Waals surface area contributed by atoms with Gasteiger partial charge in [0.05, 0.1) is 19.1 Å². The minimum atomic E-state index is -4.73. The van der Waals surface area contributed by atoms with Gasteiger partial charge in [0, 0.05) is 25.2 Å². The van der Waals surface area contributed by atoms with E-state index in [9.17, 15) is 22.8 Å². The van der Waals surface area contributed by atoms with E-state index in [2.05, 4.69) is 5.32 Å². The van der Waals surface area contributed by atoms with E-state index in [1.54, 1.807) is 36.1 Å². The van der Waals surface area contributed by atoms with E-state index < -0.39 is 24.1 Å². The third kappa shape index (κ3) is 5.90. The molecule has 2 N–H and O–H groups in total. The molecule has 0 bridgehead atoms. The summed E-state index contributed by atoms with van der Waals surface area (Å²) in [5, 5.41) is 11.8. The summed E-state index contributed by atoms with van der Waals surface area (Å²) in [6.45, 7) is 4.73. The van der Waals surface area contributed by atoms with Crippen molar-refractivity contribution in [1.29, 1.82) is 0 Å². The molecule has 2 rings (SSSR count). The minimum absolute atomic E-state index is 0.0324. The normalized spacial score (nSPS) is 11.2. The predicted octanol–water partition coefficient (Wildman–Crippen LogP) is 4.56. The van der Waals surface area contributed by atoms with E-state index in [-0.39, 0.29) is 23.9 Å². The lowest BCUT2D eigenvalue weighted by Gasteiger charge is -2.24. The minimum Gasteiger partial charge on any atom is -0.496 e. The zero-order valence-electron chi connectivity index (χ0n) is 17.5. The number of rotatable bonds is 8. The number of halogens is 3. The molecular weight excluding hydrogens is 413 g/mol. The monoisotopic (exact) mass is 438 g/mol. The molecule has 0 saturated heterocycles. The Balaban J connectivity index is 2.63. The van der Waals surface area contributed by atoms with Crippen LogP contribution in [-0.2, 0) is 23.9 Å². The summed E-state index contributed by atoms with van der Waals surface area (Å²) >= 11 is 0. The van der Waals surface area contributed by atoms with E-state index >= 15 is 0 Å². The number of nitrogens with zero attached hydrogens (tertiary/aromatic N) is 1. The summed E-state index contributed by atoms with van der Waals surface area (Å²) in [5.41, 5.74) is 0.166. The van der Waals surface area contributed by atoms with Crippen molar-refractivity contribution in [3.63, 3.8) is 0 Å². The van der Waals surface area contributed by atoms with Gasteiger partial charge in [0.25, 0.3) is 0 Å². The molecule has 168 valence electrons. The lowest BCUT2D eigenvalue weighted by molar-refractivity contribution is -0.139. The molecule has 2 amide bonds. The molecule has 0 radical (unpaired) electrons. The highest BCUT2D eigenvalue weighted by Crippen LogP contribution is 2.41. The highest BCUT2D eigenvalue weighted by molar-refractivity contribution is 5.79. The Kier molecular flexibility index (Phi) is 7.90. The molecule has 0 unspecified atom stereocenters. The highest BCUT2D eigenvalue weighted by Gasteiger charge is 2.35. The Morgan fingerprint density at radius 3 is 2.32 bits per heavy atom. The van der Waals surface area contributed by atoms with Gasteiger partial charge < -0.3 is 20.1 Å². The van der Waals surface area contributed by atoms with E-state index in [0.717, 1.165) is 6.07 Å². The second-order valence-electron chi connectivity index (χ2n) is 6.78.